The first-order valence-corrected chi connectivity index (χ1v) is 7.23. The summed E-state index contributed by atoms with van der Waals surface area (Å²) in [5.41, 5.74) is 2.03. The maximum absolute atomic E-state index is 13.5. The van der Waals surface area contributed by atoms with Crippen molar-refractivity contribution < 1.29 is 4.39 Å². The summed E-state index contributed by atoms with van der Waals surface area (Å²) < 4.78 is 16.1. The monoisotopic (exact) mass is 353 g/mol. The fourth-order valence-electron chi connectivity index (χ4n) is 2.09. The second-order valence-corrected chi connectivity index (χ2v) is 5.97. The number of benzene rings is 1. The number of hydrogen-bond donors (Lipinski definition) is 0. The van der Waals surface area contributed by atoms with Gasteiger partial charge < -0.3 is 0 Å². The Balaban J connectivity index is 2.34. The van der Waals surface area contributed by atoms with Gasteiger partial charge in [-0.3, -0.25) is 4.57 Å². The molecular formula is C14H10BrClFN3. The van der Waals surface area contributed by atoms with Gasteiger partial charge in [0.25, 0.3) is 0 Å². The van der Waals surface area contributed by atoms with Gasteiger partial charge in [-0.1, -0.05) is 6.07 Å². The van der Waals surface area contributed by atoms with E-state index in [1.165, 1.54) is 12.1 Å². The number of alkyl halides is 1. The fourth-order valence-corrected chi connectivity index (χ4v) is 2.56. The molecule has 0 saturated heterocycles. The van der Waals surface area contributed by atoms with E-state index >= 15 is 0 Å². The lowest BCUT2D eigenvalue weighted by Crippen LogP contribution is -2.03. The standard InChI is InChI=1S/C14H10BrClFN3/c1-8(16)13-19-12-5-9(15)7-18-14(12)20(13)11-4-2-3-10(17)6-11/h2-8H,1H3. The minimum absolute atomic E-state index is 0.311. The predicted molar refractivity (Wildman–Crippen MR) is 80.8 cm³/mol. The topological polar surface area (TPSA) is 30.7 Å². The van der Waals surface area contributed by atoms with Gasteiger partial charge in [-0.15, -0.1) is 11.6 Å². The summed E-state index contributed by atoms with van der Waals surface area (Å²) in [6.07, 6.45) is 1.68. The Morgan fingerprint density at radius 1 is 1.35 bits per heavy atom. The predicted octanol–water partition coefficient (Wildman–Crippen LogP) is 4.62. The highest BCUT2D eigenvalue weighted by atomic mass is 79.9. The molecule has 0 aliphatic carbocycles. The van der Waals surface area contributed by atoms with Crippen LogP contribution in [0.5, 0.6) is 0 Å². The number of rotatable bonds is 2. The van der Waals surface area contributed by atoms with Gasteiger partial charge in [-0.2, -0.15) is 0 Å². The van der Waals surface area contributed by atoms with Crippen LogP contribution in [0.15, 0.2) is 41.0 Å². The molecule has 3 aromatic rings. The Kier molecular flexibility index (Phi) is 3.48. The van der Waals surface area contributed by atoms with Crippen molar-refractivity contribution in [1.82, 2.24) is 14.5 Å². The molecule has 2 aromatic heterocycles. The quantitative estimate of drug-likeness (QED) is 0.629. The molecule has 0 fully saturated rings. The Labute approximate surface area is 128 Å². The van der Waals surface area contributed by atoms with Crippen LogP contribution in [0.2, 0.25) is 0 Å². The minimum Gasteiger partial charge on any atom is -0.279 e. The van der Waals surface area contributed by atoms with Crippen LogP contribution in [0.25, 0.3) is 16.9 Å². The highest BCUT2D eigenvalue weighted by Gasteiger charge is 2.17. The zero-order valence-electron chi connectivity index (χ0n) is 10.5. The summed E-state index contributed by atoms with van der Waals surface area (Å²) in [5, 5.41) is -0.314. The SMILES string of the molecule is CC(Cl)c1nc2cc(Br)cnc2n1-c1cccc(F)c1. The molecule has 0 bridgehead atoms. The fraction of sp³-hybridized carbons (Fsp3) is 0.143. The van der Waals surface area contributed by atoms with E-state index in [4.69, 9.17) is 11.6 Å². The van der Waals surface area contributed by atoms with E-state index in [-0.39, 0.29) is 11.2 Å². The number of nitrogens with zero attached hydrogens (tertiary/aromatic N) is 3. The Morgan fingerprint density at radius 2 is 2.15 bits per heavy atom. The van der Waals surface area contributed by atoms with E-state index in [1.807, 2.05) is 13.0 Å². The number of aromatic nitrogens is 3. The lowest BCUT2D eigenvalue weighted by molar-refractivity contribution is 0.626. The molecule has 20 heavy (non-hydrogen) atoms. The smallest absolute Gasteiger partial charge is 0.164 e. The van der Waals surface area contributed by atoms with E-state index in [0.717, 1.165) is 4.47 Å². The maximum atomic E-state index is 13.5. The van der Waals surface area contributed by atoms with Gasteiger partial charge in [0.2, 0.25) is 0 Å². The molecule has 1 atom stereocenters. The van der Waals surface area contributed by atoms with Gasteiger partial charge in [-0.05, 0) is 47.1 Å². The zero-order valence-corrected chi connectivity index (χ0v) is 12.9. The molecule has 1 aromatic carbocycles. The van der Waals surface area contributed by atoms with E-state index in [0.29, 0.717) is 22.7 Å². The van der Waals surface area contributed by atoms with Gasteiger partial charge in [0.15, 0.2) is 5.65 Å². The lowest BCUT2D eigenvalue weighted by atomic mass is 10.3. The molecule has 0 N–H and O–H groups in total. The van der Waals surface area contributed by atoms with Gasteiger partial charge in [-0.25, -0.2) is 14.4 Å². The van der Waals surface area contributed by atoms with E-state index in [2.05, 4.69) is 25.9 Å². The largest absolute Gasteiger partial charge is 0.279 e. The van der Waals surface area contributed by atoms with E-state index < -0.39 is 0 Å². The molecule has 0 aliphatic heterocycles. The summed E-state index contributed by atoms with van der Waals surface area (Å²) in [6, 6.07) is 8.15. The van der Waals surface area contributed by atoms with Crippen LogP contribution in [-0.2, 0) is 0 Å². The summed E-state index contributed by atoms with van der Waals surface area (Å²) in [7, 11) is 0. The molecule has 0 spiro atoms. The first kappa shape index (κ1) is 13.5. The highest BCUT2D eigenvalue weighted by Crippen LogP contribution is 2.28. The lowest BCUT2D eigenvalue weighted by Gasteiger charge is -2.09. The van der Waals surface area contributed by atoms with Crippen LogP contribution in [-0.4, -0.2) is 14.5 Å². The third kappa shape index (κ3) is 2.31. The highest BCUT2D eigenvalue weighted by molar-refractivity contribution is 9.10. The molecule has 0 aliphatic rings. The third-order valence-corrected chi connectivity index (χ3v) is 3.54. The van der Waals surface area contributed by atoms with Crippen molar-refractivity contribution in [3.05, 3.63) is 52.6 Å². The van der Waals surface area contributed by atoms with Gasteiger partial charge in [0.1, 0.15) is 17.2 Å². The second kappa shape index (κ2) is 5.14. The van der Waals surface area contributed by atoms with Crippen LogP contribution in [0.4, 0.5) is 4.39 Å². The van der Waals surface area contributed by atoms with Crippen molar-refractivity contribution in [3.63, 3.8) is 0 Å². The number of hydrogen-bond acceptors (Lipinski definition) is 2. The number of fused-ring (bicyclic) bond motifs is 1. The first-order valence-electron chi connectivity index (χ1n) is 6.00. The molecule has 0 amide bonds. The minimum atomic E-state index is -0.314. The average molecular weight is 355 g/mol. The third-order valence-electron chi connectivity index (χ3n) is 2.91. The van der Waals surface area contributed by atoms with Crippen molar-refractivity contribution >= 4 is 38.7 Å². The number of imidazole rings is 1. The molecule has 0 radical (unpaired) electrons. The van der Waals surface area contributed by atoms with Crippen LogP contribution in [0.3, 0.4) is 0 Å². The summed E-state index contributed by atoms with van der Waals surface area (Å²) >= 11 is 9.56. The Hall–Kier alpha value is -1.46. The van der Waals surface area contributed by atoms with Crippen molar-refractivity contribution in [3.8, 4) is 5.69 Å². The summed E-state index contributed by atoms with van der Waals surface area (Å²) in [4.78, 5) is 8.86. The van der Waals surface area contributed by atoms with Gasteiger partial charge >= 0.3 is 0 Å². The van der Waals surface area contributed by atoms with Gasteiger partial charge in [0, 0.05) is 10.7 Å². The van der Waals surface area contributed by atoms with Gasteiger partial charge in [0.05, 0.1) is 11.1 Å². The molecule has 102 valence electrons. The summed E-state index contributed by atoms with van der Waals surface area (Å²) in [5.74, 6) is 0.326. The van der Waals surface area contributed by atoms with Crippen molar-refractivity contribution in [1.29, 1.82) is 0 Å². The average Bonchev–Trinajstić information content (AvgIpc) is 2.77. The van der Waals surface area contributed by atoms with Crippen LogP contribution < -0.4 is 0 Å². The van der Waals surface area contributed by atoms with E-state index in [1.54, 1.807) is 22.9 Å². The van der Waals surface area contributed by atoms with Crippen molar-refractivity contribution in [2.24, 2.45) is 0 Å². The van der Waals surface area contributed by atoms with Crippen molar-refractivity contribution in [2.75, 3.05) is 0 Å². The molecule has 3 nitrogen and oxygen atoms in total. The molecule has 3 rings (SSSR count). The van der Waals surface area contributed by atoms with E-state index in [9.17, 15) is 4.39 Å². The van der Waals surface area contributed by atoms with Crippen molar-refractivity contribution in [2.45, 2.75) is 12.3 Å². The number of halogens is 3. The number of pyridine rings is 1. The molecule has 6 heteroatoms. The van der Waals surface area contributed by atoms with Crippen LogP contribution in [0, 0.1) is 5.82 Å². The summed E-state index contributed by atoms with van der Waals surface area (Å²) in [6.45, 7) is 1.83. The van der Waals surface area contributed by atoms with Crippen LogP contribution >= 0.6 is 27.5 Å². The van der Waals surface area contributed by atoms with Crippen LogP contribution in [0.1, 0.15) is 18.1 Å². The molecule has 1 unspecified atom stereocenters. The Morgan fingerprint density at radius 3 is 2.85 bits per heavy atom. The Bertz CT molecular complexity index is 785. The normalized spacial score (nSPS) is 12.8. The molecule has 2 heterocycles. The molecular weight excluding hydrogens is 345 g/mol. The first-order chi connectivity index (χ1) is 9.56. The second-order valence-electron chi connectivity index (χ2n) is 4.40. The molecule has 0 saturated carbocycles. The maximum Gasteiger partial charge on any atom is 0.164 e. The zero-order chi connectivity index (χ0) is 14.3.